The van der Waals surface area contributed by atoms with Crippen LogP contribution in [0.15, 0.2) is 34.9 Å². The summed E-state index contributed by atoms with van der Waals surface area (Å²) in [6, 6.07) is 11.3. The van der Waals surface area contributed by atoms with Crippen LogP contribution in [0.3, 0.4) is 0 Å². The second-order valence-electron chi connectivity index (χ2n) is 5.48. The molecule has 0 unspecified atom stereocenters. The van der Waals surface area contributed by atoms with E-state index < -0.39 is 0 Å². The molecule has 2 aromatic rings. The Kier molecular flexibility index (Phi) is 3.38. The van der Waals surface area contributed by atoms with Crippen molar-refractivity contribution in [2.24, 2.45) is 0 Å². The lowest BCUT2D eigenvalue weighted by Gasteiger charge is -2.22. The van der Waals surface area contributed by atoms with Crippen molar-refractivity contribution in [3.63, 3.8) is 0 Å². The van der Waals surface area contributed by atoms with Gasteiger partial charge in [-0.25, -0.2) is 0 Å². The lowest BCUT2D eigenvalue weighted by atomic mass is 10.1. The Morgan fingerprint density at radius 2 is 2.05 bits per heavy atom. The van der Waals surface area contributed by atoms with E-state index in [9.17, 15) is 0 Å². The van der Waals surface area contributed by atoms with Gasteiger partial charge in [-0.05, 0) is 38.8 Å². The number of aromatic nitrogens is 1. The number of hydrogen-bond acceptors (Lipinski definition) is 3. The smallest absolute Gasteiger partial charge is 0.133 e. The normalized spacial score (nSPS) is 20.0. The standard InChI is InChI=1S/C16H20N2O/c1-12-5-7-14(8-6-12)11-18-9-3-4-16(18)15-10-13(2)19-17-15/h5-8,10,16H,3-4,9,11H2,1-2H3/t16-/m1/s1. The fourth-order valence-corrected chi connectivity index (χ4v) is 2.82. The van der Waals surface area contributed by atoms with E-state index in [0.29, 0.717) is 6.04 Å². The van der Waals surface area contributed by atoms with Crippen molar-refractivity contribution in [3.8, 4) is 0 Å². The van der Waals surface area contributed by atoms with E-state index in [1.54, 1.807) is 0 Å². The molecular formula is C16H20N2O. The molecule has 1 atom stereocenters. The molecule has 2 heterocycles. The number of hydrogen-bond donors (Lipinski definition) is 0. The summed E-state index contributed by atoms with van der Waals surface area (Å²) >= 11 is 0. The molecule has 3 rings (SSSR count). The average Bonchev–Trinajstić information content (AvgIpc) is 3.01. The number of likely N-dealkylation sites (tertiary alicyclic amines) is 1. The predicted octanol–water partition coefficient (Wildman–Crippen LogP) is 3.63. The zero-order chi connectivity index (χ0) is 13.2. The molecule has 0 amide bonds. The van der Waals surface area contributed by atoms with Gasteiger partial charge in [0.05, 0.1) is 6.04 Å². The minimum absolute atomic E-state index is 0.416. The second kappa shape index (κ2) is 5.17. The topological polar surface area (TPSA) is 29.3 Å². The van der Waals surface area contributed by atoms with Gasteiger partial charge in [-0.15, -0.1) is 0 Å². The molecule has 0 aliphatic carbocycles. The van der Waals surface area contributed by atoms with E-state index in [0.717, 1.165) is 24.5 Å². The SMILES string of the molecule is Cc1ccc(CN2CCC[C@@H]2c2cc(C)on2)cc1. The van der Waals surface area contributed by atoms with E-state index in [4.69, 9.17) is 4.52 Å². The molecule has 0 radical (unpaired) electrons. The highest BCUT2D eigenvalue weighted by Gasteiger charge is 2.28. The van der Waals surface area contributed by atoms with Gasteiger partial charge in [0.15, 0.2) is 0 Å². The number of benzene rings is 1. The number of nitrogens with zero attached hydrogens (tertiary/aromatic N) is 2. The van der Waals surface area contributed by atoms with Crippen molar-refractivity contribution in [1.82, 2.24) is 10.1 Å². The molecule has 1 saturated heterocycles. The molecule has 1 aliphatic heterocycles. The maximum atomic E-state index is 5.21. The van der Waals surface area contributed by atoms with Crippen molar-refractivity contribution in [1.29, 1.82) is 0 Å². The highest BCUT2D eigenvalue weighted by molar-refractivity contribution is 5.22. The van der Waals surface area contributed by atoms with E-state index in [1.165, 1.54) is 24.0 Å². The van der Waals surface area contributed by atoms with Gasteiger partial charge in [0.1, 0.15) is 11.5 Å². The van der Waals surface area contributed by atoms with Crippen molar-refractivity contribution in [2.75, 3.05) is 6.54 Å². The Bertz CT molecular complexity index is 544. The van der Waals surface area contributed by atoms with Crippen LogP contribution in [0.1, 0.15) is 41.5 Å². The van der Waals surface area contributed by atoms with E-state index in [-0.39, 0.29) is 0 Å². The summed E-state index contributed by atoms with van der Waals surface area (Å²) in [4.78, 5) is 2.50. The van der Waals surface area contributed by atoms with Gasteiger partial charge in [0.25, 0.3) is 0 Å². The Hall–Kier alpha value is -1.61. The Morgan fingerprint density at radius 1 is 1.26 bits per heavy atom. The van der Waals surface area contributed by atoms with Crippen molar-refractivity contribution in [2.45, 2.75) is 39.3 Å². The summed E-state index contributed by atoms with van der Waals surface area (Å²) in [6.45, 7) is 6.22. The molecule has 1 aliphatic rings. The van der Waals surface area contributed by atoms with Crippen LogP contribution >= 0.6 is 0 Å². The molecule has 19 heavy (non-hydrogen) atoms. The lowest BCUT2D eigenvalue weighted by molar-refractivity contribution is 0.236. The van der Waals surface area contributed by atoms with E-state index in [1.807, 2.05) is 6.92 Å². The van der Waals surface area contributed by atoms with Crippen LogP contribution in [-0.4, -0.2) is 16.6 Å². The van der Waals surface area contributed by atoms with Crippen LogP contribution in [0.5, 0.6) is 0 Å². The molecule has 1 aromatic heterocycles. The number of rotatable bonds is 3. The monoisotopic (exact) mass is 256 g/mol. The van der Waals surface area contributed by atoms with Gasteiger partial charge in [0, 0.05) is 12.6 Å². The van der Waals surface area contributed by atoms with Gasteiger partial charge < -0.3 is 4.52 Å². The second-order valence-corrected chi connectivity index (χ2v) is 5.48. The van der Waals surface area contributed by atoms with E-state index in [2.05, 4.69) is 47.3 Å². The van der Waals surface area contributed by atoms with Crippen LogP contribution < -0.4 is 0 Å². The molecule has 1 aromatic carbocycles. The van der Waals surface area contributed by atoms with Crippen LogP contribution in [-0.2, 0) is 6.54 Å². The van der Waals surface area contributed by atoms with Crippen LogP contribution in [0, 0.1) is 13.8 Å². The molecule has 1 fully saturated rings. The number of aryl methyl sites for hydroxylation is 2. The van der Waals surface area contributed by atoms with Crippen LogP contribution in [0.25, 0.3) is 0 Å². The first-order chi connectivity index (χ1) is 9.22. The highest BCUT2D eigenvalue weighted by Crippen LogP contribution is 2.32. The fraction of sp³-hybridized carbons (Fsp3) is 0.438. The van der Waals surface area contributed by atoms with Gasteiger partial charge in [-0.2, -0.15) is 0 Å². The molecule has 0 spiro atoms. The first-order valence-corrected chi connectivity index (χ1v) is 6.95. The Balaban J connectivity index is 1.74. The quantitative estimate of drug-likeness (QED) is 0.839. The molecule has 3 heteroatoms. The molecule has 100 valence electrons. The molecule has 0 N–H and O–H groups in total. The summed E-state index contributed by atoms with van der Waals surface area (Å²) in [7, 11) is 0. The zero-order valence-corrected chi connectivity index (χ0v) is 11.6. The summed E-state index contributed by atoms with van der Waals surface area (Å²) in [6.07, 6.45) is 2.42. The van der Waals surface area contributed by atoms with Crippen LogP contribution in [0.2, 0.25) is 0 Å². The molecular weight excluding hydrogens is 236 g/mol. The summed E-state index contributed by atoms with van der Waals surface area (Å²) in [5, 5.41) is 4.19. The minimum atomic E-state index is 0.416. The summed E-state index contributed by atoms with van der Waals surface area (Å²) in [5.41, 5.74) is 3.77. The Morgan fingerprint density at radius 3 is 2.74 bits per heavy atom. The van der Waals surface area contributed by atoms with Gasteiger partial charge in [-0.3, -0.25) is 4.90 Å². The third-order valence-electron chi connectivity index (χ3n) is 3.86. The summed E-state index contributed by atoms with van der Waals surface area (Å²) in [5.74, 6) is 0.900. The maximum absolute atomic E-state index is 5.21. The third-order valence-corrected chi connectivity index (χ3v) is 3.86. The van der Waals surface area contributed by atoms with Gasteiger partial charge in [-0.1, -0.05) is 35.0 Å². The van der Waals surface area contributed by atoms with Crippen molar-refractivity contribution < 1.29 is 4.52 Å². The first kappa shape index (κ1) is 12.4. The Labute approximate surface area is 114 Å². The molecule has 0 saturated carbocycles. The summed E-state index contributed by atoms with van der Waals surface area (Å²) < 4.78 is 5.21. The first-order valence-electron chi connectivity index (χ1n) is 6.95. The molecule has 3 nitrogen and oxygen atoms in total. The average molecular weight is 256 g/mol. The van der Waals surface area contributed by atoms with Crippen molar-refractivity contribution in [3.05, 3.63) is 52.9 Å². The van der Waals surface area contributed by atoms with E-state index >= 15 is 0 Å². The lowest BCUT2D eigenvalue weighted by Crippen LogP contribution is -2.22. The fourth-order valence-electron chi connectivity index (χ4n) is 2.82. The maximum Gasteiger partial charge on any atom is 0.133 e. The van der Waals surface area contributed by atoms with Crippen LogP contribution in [0.4, 0.5) is 0 Å². The largest absolute Gasteiger partial charge is 0.361 e. The molecule has 0 bridgehead atoms. The predicted molar refractivity (Wildman–Crippen MR) is 74.8 cm³/mol. The third kappa shape index (κ3) is 2.71. The highest BCUT2D eigenvalue weighted by atomic mass is 16.5. The van der Waals surface area contributed by atoms with Gasteiger partial charge >= 0.3 is 0 Å². The van der Waals surface area contributed by atoms with Crippen molar-refractivity contribution >= 4 is 0 Å². The minimum Gasteiger partial charge on any atom is -0.361 e. The van der Waals surface area contributed by atoms with Gasteiger partial charge in [0.2, 0.25) is 0 Å². The zero-order valence-electron chi connectivity index (χ0n) is 11.6.